The van der Waals surface area contributed by atoms with Crippen molar-refractivity contribution in [2.75, 3.05) is 13.1 Å². The van der Waals surface area contributed by atoms with Gasteiger partial charge in [0.15, 0.2) is 11.8 Å². The fraction of sp³-hybridized carbons (Fsp3) is 0.526. The smallest absolute Gasteiger partial charge is 0.232 e. The third-order valence-corrected chi connectivity index (χ3v) is 3.73. The Kier molecular flexibility index (Phi) is 9.71. The van der Waals surface area contributed by atoms with E-state index in [9.17, 15) is 5.11 Å². The number of hydrogen-bond donors (Lipinski definition) is 3. The summed E-state index contributed by atoms with van der Waals surface area (Å²) in [6, 6.07) is 9.63. The van der Waals surface area contributed by atoms with E-state index in [1.165, 1.54) is 0 Å². The van der Waals surface area contributed by atoms with Gasteiger partial charge in [-0.15, -0.1) is 24.0 Å². The summed E-state index contributed by atoms with van der Waals surface area (Å²) in [5, 5.41) is 20.6. The predicted molar refractivity (Wildman–Crippen MR) is 117 cm³/mol. The van der Waals surface area contributed by atoms with E-state index in [1.807, 2.05) is 58.0 Å². The van der Waals surface area contributed by atoms with Crippen LogP contribution < -0.4 is 10.6 Å². The first-order valence-corrected chi connectivity index (χ1v) is 8.98. The number of aliphatic imine (C=N–C) groups is 1. The fourth-order valence-corrected chi connectivity index (χ4v) is 2.28. The van der Waals surface area contributed by atoms with Crippen molar-refractivity contribution in [3.05, 3.63) is 47.6 Å². The standard InChI is InChI=1S/C19H29N5O2.HI/c1-5-20-18(21-12-11-15(25)14-9-7-6-8-10-14)22-13-16-23-17(26-24-16)19(2,3)4;/h6-10,15,25H,5,11-13H2,1-4H3,(H2,20,21,22);1H. The van der Waals surface area contributed by atoms with Crippen LogP contribution in [0.2, 0.25) is 0 Å². The Morgan fingerprint density at radius 1 is 1.22 bits per heavy atom. The summed E-state index contributed by atoms with van der Waals surface area (Å²) in [5.41, 5.74) is 0.739. The van der Waals surface area contributed by atoms with E-state index >= 15 is 0 Å². The molecule has 1 unspecified atom stereocenters. The minimum Gasteiger partial charge on any atom is -0.388 e. The number of nitrogens with zero attached hydrogens (tertiary/aromatic N) is 3. The molecule has 0 aliphatic rings. The van der Waals surface area contributed by atoms with Gasteiger partial charge in [0.1, 0.15) is 6.54 Å². The minimum atomic E-state index is -0.502. The van der Waals surface area contributed by atoms with Gasteiger partial charge in [0.05, 0.1) is 6.10 Å². The van der Waals surface area contributed by atoms with Crippen LogP contribution in [-0.4, -0.2) is 34.3 Å². The average molecular weight is 487 g/mol. The first-order chi connectivity index (χ1) is 12.4. The number of guanidine groups is 1. The monoisotopic (exact) mass is 487 g/mol. The van der Waals surface area contributed by atoms with E-state index in [4.69, 9.17) is 4.52 Å². The van der Waals surface area contributed by atoms with Crippen molar-refractivity contribution in [1.82, 2.24) is 20.8 Å². The molecule has 1 atom stereocenters. The van der Waals surface area contributed by atoms with Crippen molar-refractivity contribution >= 4 is 29.9 Å². The summed E-state index contributed by atoms with van der Waals surface area (Å²) < 4.78 is 5.28. The summed E-state index contributed by atoms with van der Waals surface area (Å²) >= 11 is 0. The summed E-state index contributed by atoms with van der Waals surface area (Å²) in [6.45, 7) is 9.75. The second-order valence-electron chi connectivity index (χ2n) is 7.10. The lowest BCUT2D eigenvalue weighted by Crippen LogP contribution is -2.38. The molecule has 0 saturated carbocycles. The van der Waals surface area contributed by atoms with Crippen molar-refractivity contribution in [3.63, 3.8) is 0 Å². The molecule has 150 valence electrons. The number of aromatic nitrogens is 2. The lowest BCUT2D eigenvalue weighted by Gasteiger charge is -2.14. The molecule has 0 amide bonds. The number of halogens is 1. The molecule has 0 spiro atoms. The average Bonchev–Trinajstić information content (AvgIpc) is 3.10. The van der Waals surface area contributed by atoms with Gasteiger partial charge in [-0.05, 0) is 18.9 Å². The molecular formula is C19H30IN5O2. The molecule has 2 aromatic rings. The Morgan fingerprint density at radius 2 is 1.93 bits per heavy atom. The molecule has 1 heterocycles. The largest absolute Gasteiger partial charge is 0.388 e. The predicted octanol–water partition coefficient (Wildman–Crippen LogP) is 3.16. The lowest BCUT2D eigenvalue weighted by molar-refractivity contribution is 0.168. The van der Waals surface area contributed by atoms with Crippen LogP contribution in [0, 0.1) is 0 Å². The van der Waals surface area contributed by atoms with Gasteiger partial charge in [-0.1, -0.05) is 56.3 Å². The van der Waals surface area contributed by atoms with Gasteiger partial charge < -0.3 is 20.3 Å². The number of benzene rings is 1. The highest BCUT2D eigenvalue weighted by atomic mass is 127. The topological polar surface area (TPSA) is 95.6 Å². The van der Waals surface area contributed by atoms with Crippen LogP contribution >= 0.6 is 24.0 Å². The van der Waals surface area contributed by atoms with Gasteiger partial charge in [-0.2, -0.15) is 4.98 Å². The van der Waals surface area contributed by atoms with E-state index in [2.05, 4.69) is 25.8 Å². The van der Waals surface area contributed by atoms with Gasteiger partial charge >= 0.3 is 0 Å². The van der Waals surface area contributed by atoms with Gasteiger partial charge in [-0.3, -0.25) is 0 Å². The van der Waals surface area contributed by atoms with Gasteiger partial charge in [-0.25, -0.2) is 4.99 Å². The molecule has 27 heavy (non-hydrogen) atoms. The Hall–Kier alpha value is -1.68. The molecule has 3 N–H and O–H groups in total. The molecule has 7 nitrogen and oxygen atoms in total. The molecule has 0 fully saturated rings. The first kappa shape index (κ1) is 23.4. The zero-order valence-electron chi connectivity index (χ0n) is 16.4. The van der Waals surface area contributed by atoms with E-state index in [0.717, 1.165) is 12.1 Å². The van der Waals surface area contributed by atoms with Crippen molar-refractivity contribution in [3.8, 4) is 0 Å². The third kappa shape index (κ3) is 7.84. The number of aliphatic hydroxyl groups is 1. The van der Waals surface area contributed by atoms with Crippen LogP contribution in [0.5, 0.6) is 0 Å². The summed E-state index contributed by atoms with van der Waals surface area (Å²) in [7, 11) is 0. The maximum absolute atomic E-state index is 10.2. The summed E-state index contributed by atoms with van der Waals surface area (Å²) in [6.07, 6.45) is 0.0864. The summed E-state index contributed by atoms with van der Waals surface area (Å²) in [5.74, 6) is 1.82. The molecule has 8 heteroatoms. The fourth-order valence-electron chi connectivity index (χ4n) is 2.28. The zero-order chi connectivity index (χ0) is 19.0. The lowest BCUT2D eigenvalue weighted by atomic mass is 9.97. The van der Waals surface area contributed by atoms with E-state index in [-0.39, 0.29) is 29.4 Å². The second-order valence-corrected chi connectivity index (χ2v) is 7.10. The van der Waals surface area contributed by atoms with E-state index in [0.29, 0.717) is 37.2 Å². The third-order valence-electron chi connectivity index (χ3n) is 3.73. The Morgan fingerprint density at radius 3 is 2.52 bits per heavy atom. The van der Waals surface area contributed by atoms with Crippen LogP contribution in [0.3, 0.4) is 0 Å². The van der Waals surface area contributed by atoms with Gasteiger partial charge in [0, 0.05) is 18.5 Å². The molecule has 0 saturated heterocycles. The Bertz CT molecular complexity index is 698. The highest BCUT2D eigenvalue weighted by Crippen LogP contribution is 2.19. The zero-order valence-corrected chi connectivity index (χ0v) is 18.7. The Balaban J connectivity index is 0.00000364. The van der Waals surface area contributed by atoms with Crippen LogP contribution in [0.4, 0.5) is 0 Å². The van der Waals surface area contributed by atoms with E-state index < -0.39 is 6.10 Å². The molecule has 0 aliphatic carbocycles. The van der Waals surface area contributed by atoms with Crippen molar-refractivity contribution in [2.24, 2.45) is 4.99 Å². The van der Waals surface area contributed by atoms with Crippen LogP contribution in [-0.2, 0) is 12.0 Å². The number of hydrogen-bond acceptors (Lipinski definition) is 5. The van der Waals surface area contributed by atoms with Crippen LogP contribution in [0.25, 0.3) is 0 Å². The maximum atomic E-state index is 10.2. The SMILES string of the molecule is CCNC(=NCc1noc(C(C)(C)C)n1)NCCC(O)c1ccccc1.I. The van der Waals surface area contributed by atoms with Crippen molar-refractivity contribution in [1.29, 1.82) is 0 Å². The molecule has 0 aliphatic heterocycles. The first-order valence-electron chi connectivity index (χ1n) is 8.98. The number of rotatable bonds is 7. The van der Waals surface area contributed by atoms with Crippen molar-refractivity contribution in [2.45, 2.75) is 52.2 Å². The van der Waals surface area contributed by atoms with E-state index in [1.54, 1.807) is 0 Å². The van der Waals surface area contributed by atoms with Gasteiger partial charge in [0.2, 0.25) is 5.89 Å². The molecule has 1 aromatic carbocycles. The maximum Gasteiger partial charge on any atom is 0.232 e. The second kappa shape index (κ2) is 11.2. The number of nitrogens with one attached hydrogen (secondary N) is 2. The number of aliphatic hydroxyl groups excluding tert-OH is 1. The molecule has 0 bridgehead atoms. The minimum absolute atomic E-state index is 0. The van der Waals surface area contributed by atoms with Crippen molar-refractivity contribution < 1.29 is 9.63 Å². The molecule has 0 radical (unpaired) electrons. The summed E-state index contributed by atoms with van der Waals surface area (Å²) in [4.78, 5) is 8.86. The van der Waals surface area contributed by atoms with Crippen LogP contribution in [0.15, 0.2) is 39.8 Å². The highest BCUT2D eigenvalue weighted by molar-refractivity contribution is 14.0. The van der Waals surface area contributed by atoms with Gasteiger partial charge in [0.25, 0.3) is 0 Å². The molecule has 1 aromatic heterocycles. The van der Waals surface area contributed by atoms with Crippen LogP contribution in [0.1, 0.15) is 57.5 Å². The quantitative estimate of drug-likeness (QED) is 0.316. The normalized spacial score (nSPS) is 13.0. The molecular weight excluding hydrogens is 457 g/mol. The Labute approximate surface area is 178 Å². The molecule has 2 rings (SSSR count). The highest BCUT2D eigenvalue weighted by Gasteiger charge is 2.21.